The number of nitrogens with two attached hydrogens (primary N) is 1. The molecule has 2 atom stereocenters. The van der Waals surface area contributed by atoms with Crippen molar-refractivity contribution in [2.45, 2.75) is 31.7 Å². The minimum atomic E-state index is 0.0565. The zero-order valence-electron chi connectivity index (χ0n) is 10.6. The molecule has 18 heavy (non-hydrogen) atoms. The molecule has 1 aromatic heterocycles. The van der Waals surface area contributed by atoms with Gasteiger partial charge in [0.2, 0.25) is 0 Å². The molecule has 0 radical (unpaired) electrons. The van der Waals surface area contributed by atoms with Crippen LogP contribution >= 0.6 is 0 Å². The quantitative estimate of drug-likeness (QED) is 0.873. The summed E-state index contributed by atoms with van der Waals surface area (Å²) in [6.45, 7) is 2.06. The topological polar surface area (TPSA) is 38.9 Å². The Labute approximate surface area is 108 Å². The fraction of sp³-hybridized carbons (Fsp3) is 0.312. The van der Waals surface area contributed by atoms with Crippen molar-refractivity contribution in [1.29, 1.82) is 0 Å². The fourth-order valence-corrected chi connectivity index (χ4v) is 2.96. The van der Waals surface area contributed by atoms with Crippen LogP contribution in [0.3, 0.4) is 0 Å². The SMILES string of the molecule is Cc1cncc(C(N)C2CCc3ccccc32)c1. The Balaban J connectivity index is 1.93. The lowest BCUT2D eigenvalue weighted by Gasteiger charge is -2.20. The predicted molar refractivity (Wildman–Crippen MR) is 73.4 cm³/mol. The van der Waals surface area contributed by atoms with Gasteiger partial charge in [0.15, 0.2) is 0 Å². The Morgan fingerprint density at radius 1 is 1.28 bits per heavy atom. The van der Waals surface area contributed by atoms with E-state index in [4.69, 9.17) is 5.73 Å². The summed E-state index contributed by atoms with van der Waals surface area (Å²) in [5.41, 5.74) is 11.6. The summed E-state index contributed by atoms with van der Waals surface area (Å²) in [6.07, 6.45) is 6.07. The highest BCUT2D eigenvalue weighted by Crippen LogP contribution is 2.40. The maximum Gasteiger partial charge on any atom is 0.0380 e. The monoisotopic (exact) mass is 238 g/mol. The summed E-state index contributed by atoms with van der Waals surface area (Å²) < 4.78 is 0. The van der Waals surface area contributed by atoms with Crippen molar-refractivity contribution in [2.75, 3.05) is 0 Å². The van der Waals surface area contributed by atoms with Gasteiger partial charge >= 0.3 is 0 Å². The van der Waals surface area contributed by atoms with Crippen LogP contribution in [-0.4, -0.2) is 4.98 Å². The Bertz CT molecular complexity index is 563. The smallest absolute Gasteiger partial charge is 0.0380 e. The van der Waals surface area contributed by atoms with Gasteiger partial charge in [0.25, 0.3) is 0 Å². The molecule has 0 saturated heterocycles. The Kier molecular flexibility index (Phi) is 2.88. The molecule has 2 heteroatoms. The summed E-state index contributed by atoms with van der Waals surface area (Å²) in [5, 5.41) is 0. The molecular weight excluding hydrogens is 220 g/mol. The van der Waals surface area contributed by atoms with Gasteiger partial charge in [-0.3, -0.25) is 4.98 Å². The molecule has 2 N–H and O–H groups in total. The Morgan fingerprint density at radius 2 is 2.11 bits per heavy atom. The molecule has 0 bridgehead atoms. The second kappa shape index (κ2) is 4.54. The van der Waals surface area contributed by atoms with E-state index in [1.165, 1.54) is 16.7 Å². The van der Waals surface area contributed by atoms with Gasteiger partial charge in [0, 0.05) is 24.4 Å². The lowest BCUT2D eigenvalue weighted by molar-refractivity contribution is 0.549. The molecule has 1 aromatic carbocycles. The Hall–Kier alpha value is -1.67. The number of hydrogen-bond acceptors (Lipinski definition) is 2. The first-order chi connectivity index (χ1) is 8.75. The first-order valence-corrected chi connectivity index (χ1v) is 6.50. The molecule has 0 saturated carbocycles. The minimum Gasteiger partial charge on any atom is -0.323 e. The third-order valence-electron chi connectivity index (χ3n) is 3.89. The molecule has 1 aliphatic rings. The summed E-state index contributed by atoms with van der Waals surface area (Å²) in [5.74, 6) is 0.435. The average molecular weight is 238 g/mol. The molecule has 0 amide bonds. The third kappa shape index (κ3) is 1.93. The average Bonchev–Trinajstić information content (AvgIpc) is 2.82. The van der Waals surface area contributed by atoms with Crippen LogP contribution in [0.4, 0.5) is 0 Å². The van der Waals surface area contributed by atoms with Crippen LogP contribution in [0.25, 0.3) is 0 Å². The molecule has 0 aliphatic heterocycles. The van der Waals surface area contributed by atoms with Gasteiger partial charge in [-0.1, -0.05) is 30.3 Å². The lowest BCUT2D eigenvalue weighted by Crippen LogP contribution is -2.18. The van der Waals surface area contributed by atoms with E-state index in [1.54, 1.807) is 0 Å². The summed E-state index contributed by atoms with van der Waals surface area (Å²) in [6, 6.07) is 10.9. The fourth-order valence-electron chi connectivity index (χ4n) is 2.96. The maximum absolute atomic E-state index is 6.44. The molecule has 0 fully saturated rings. The molecule has 1 aliphatic carbocycles. The lowest BCUT2D eigenvalue weighted by atomic mass is 9.89. The van der Waals surface area contributed by atoms with Crippen LogP contribution in [0.15, 0.2) is 42.7 Å². The van der Waals surface area contributed by atoms with Gasteiger partial charge in [-0.15, -0.1) is 0 Å². The zero-order chi connectivity index (χ0) is 12.5. The second-order valence-electron chi connectivity index (χ2n) is 5.17. The van der Waals surface area contributed by atoms with E-state index in [2.05, 4.69) is 42.2 Å². The largest absolute Gasteiger partial charge is 0.323 e. The molecule has 2 nitrogen and oxygen atoms in total. The van der Waals surface area contributed by atoms with Gasteiger partial charge in [-0.25, -0.2) is 0 Å². The number of aryl methyl sites for hydroxylation is 2. The van der Waals surface area contributed by atoms with E-state index in [9.17, 15) is 0 Å². The molecule has 3 rings (SSSR count). The highest BCUT2D eigenvalue weighted by molar-refractivity contribution is 5.38. The highest BCUT2D eigenvalue weighted by Gasteiger charge is 2.28. The number of benzene rings is 1. The number of rotatable bonds is 2. The minimum absolute atomic E-state index is 0.0565. The van der Waals surface area contributed by atoms with Crippen LogP contribution in [0, 0.1) is 6.92 Å². The van der Waals surface area contributed by atoms with Gasteiger partial charge in [0.05, 0.1) is 0 Å². The predicted octanol–water partition coefficient (Wildman–Crippen LogP) is 3.12. The molecule has 0 spiro atoms. The molecule has 2 aromatic rings. The standard InChI is InChI=1S/C16H18N2/c1-11-8-13(10-18-9-11)16(17)15-7-6-12-4-2-3-5-14(12)15/h2-5,8-10,15-16H,6-7,17H2,1H3. The van der Waals surface area contributed by atoms with E-state index in [0.717, 1.165) is 18.4 Å². The van der Waals surface area contributed by atoms with E-state index >= 15 is 0 Å². The van der Waals surface area contributed by atoms with Crippen molar-refractivity contribution >= 4 is 0 Å². The van der Waals surface area contributed by atoms with E-state index in [-0.39, 0.29) is 6.04 Å². The molecule has 92 valence electrons. The normalized spacial score (nSPS) is 19.6. The van der Waals surface area contributed by atoms with Crippen LogP contribution in [0.2, 0.25) is 0 Å². The van der Waals surface area contributed by atoms with E-state index in [1.807, 2.05) is 12.4 Å². The second-order valence-corrected chi connectivity index (χ2v) is 5.17. The summed E-state index contributed by atoms with van der Waals surface area (Å²) >= 11 is 0. The van der Waals surface area contributed by atoms with E-state index in [0.29, 0.717) is 5.92 Å². The summed E-state index contributed by atoms with van der Waals surface area (Å²) in [7, 11) is 0. The number of aromatic nitrogens is 1. The molecule has 2 unspecified atom stereocenters. The van der Waals surface area contributed by atoms with Gasteiger partial charge in [0.1, 0.15) is 0 Å². The number of pyridine rings is 1. The van der Waals surface area contributed by atoms with Crippen molar-refractivity contribution in [1.82, 2.24) is 4.98 Å². The van der Waals surface area contributed by atoms with Crippen molar-refractivity contribution < 1.29 is 0 Å². The molecular formula is C16H18N2. The van der Waals surface area contributed by atoms with Crippen molar-refractivity contribution in [3.63, 3.8) is 0 Å². The first-order valence-electron chi connectivity index (χ1n) is 6.50. The van der Waals surface area contributed by atoms with E-state index < -0.39 is 0 Å². The number of nitrogens with zero attached hydrogens (tertiary/aromatic N) is 1. The van der Waals surface area contributed by atoms with Crippen molar-refractivity contribution in [3.05, 3.63) is 65.0 Å². The summed E-state index contributed by atoms with van der Waals surface area (Å²) in [4.78, 5) is 4.25. The van der Waals surface area contributed by atoms with Crippen LogP contribution in [0.5, 0.6) is 0 Å². The van der Waals surface area contributed by atoms with Crippen LogP contribution in [0.1, 0.15) is 40.6 Å². The first kappa shape index (κ1) is 11.4. The van der Waals surface area contributed by atoms with Gasteiger partial charge in [-0.05, 0) is 42.0 Å². The Morgan fingerprint density at radius 3 is 2.94 bits per heavy atom. The van der Waals surface area contributed by atoms with Crippen molar-refractivity contribution in [3.8, 4) is 0 Å². The van der Waals surface area contributed by atoms with Gasteiger partial charge < -0.3 is 5.73 Å². The van der Waals surface area contributed by atoms with Crippen LogP contribution in [-0.2, 0) is 6.42 Å². The number of fused-ring (bicyclic) bond motifs is 1. The van der Waals surface area contributed by atoms with Crippen molar-refractivity contribution in [2.24, 2.45) is 5.73 Å². The van der Waals surface area contributed by atoms with Crippen LogP contribution < -0.4 is 5.73 Å². The molecule has 1 heterocycles. The number of hydrogen-bond donors (Lipinski definition) is 1. The zero-order valence-corrected chi connectivity index (χ0v) is 10.6. The maximum atomic E-state index is 6.44. The highest BCUT2D eigenvalue weighted by atomic mass is 14.7. The third-order valence-corrected chi connectivity index (χ3v) is 3.89. The van der Waals surface area contributed by atoms with Gasteiger partial charge in [-0.2, -0.15) is 0 Å².